The summed E-state index contributed by atoms with van der Waals surface area (Å²) in [7, 11) is 0. The summed E-state index contributed by atoms with van der Waals surface area (Å²) < 4.78 is 13.5. The van der Waals surface area contributed by atoms with Crippen molar-refractivity contribution in [2.75, 3.05) is 11.4 Å². The van der Waals surface area contributed by atoms with Crippen molar-refractivity contribution in [2.24, 2.45) is 5.73 Å². The number of nitrogens with zero attached hydrogens (tertiary/aromatic N) is 2. The third kappa shape index (κ3) is 3.79. The lowest BCUT2D eigenvalue weighted by atomic mass is 10.0. The predicted molar refractivity (Wildman–Crippen MR) is 85.3 cm³/mol. The molecule has 1 atom stereocenters. The maximum absolute atomic E-state index is 13.5. The Balaban J connectivity index is 2.38. The Bertz CT molecular complexity index is 586. The van der Waals surface area contributed by atoms with Gasteiger partial charge in [0.2, 0.25) is 0 Å². The molecule has 0 aliphatic rings. The Morgan fingerprint density at radius 1 is 1.24 bits per heavy atom. The smallest absolute Gasteiger partial charge is 0.136 e. The zero-order chi connectivity index (χ0) is 15.2. The van der Waals surface area contributed by atoms with Gasteiger partial charge in [0.25, 0.3) is 0 Å². The van der Waals surface area contributed by atoms with Gasteiger partial charge in [-0.2, -0.15) is 0 Å². The first-order valence-corrected chi connectivity index (χ1v) is 7.38. The van der Waals surface area contributed by atoms with E-state index < -0.39 is 0 Å². The third-order valence-corrected chi connectivity index (χ3v) is 3.57. The molecule has 2 N–H and O–H groups in total. The van der Waals surface area contributed by atoms with Gasteiger partial charge < -0.3 is 10.6 Å². The van der Waals surface area contributed by atoms with E-state index in [1.807, 2.05) is 30.0 Å². The van der Waals surface area contributed by atoms with Crippen LogP contribution < -0.4 is 10.6 Å². The van der Waals surface area contributed by atoms with Crippen LogP contribution in [0.15, 0.2) is 42.6 Å². The summed E-state index contributed by atoms with van der Waals surface area (Å²) in [6.45, 7) is 4.82. The number of nitrogens with two attached hydrogens (primary N) is 1. The van der Waals surface area contributed by atoms with Crippen molar-refractivity contribution in [3.8, 4) is 0 Å². The van der Waals surface area contributed by atoms with Gasteiger partial charge in [0.15, 0.2) is 0 Å². The van der Waals surface area contributed by atoms with Crippen molar-refractivity contribution in [1.29, 1.82) is 0 Å². The minimum absolute atomic E-state index is 0.110. The first kappa shape index (κ1) is 15.4. The molecule has 2 rings (SSSR count). The SMILES string of the molecule is CCC(N)Cc1cccnc1N(CC)c1cccc(F)c1. The highest BCUT2D eigenvalue weighted by molar-refractivity contribution is 5.62. The largest absolute Gasteiger partial charge is 0.327 e. The Morgan fingerprint density at radius 2 is 2.05 bits per heavy atom. The first-order valence-electron chi connectivity index (χ1n) is 7.38. The maximum atomic E-state index is 13.5. The molecule has 0 amide bonds. The number of halogens is 1. The molecule has 4 heteroatoms. The Kier molecular flexibility index (Phi) is 5.28. The molecular weight excluding hydrogens is 265 g/mol. The fraction of sp³-hybridized carbons (Fsp3) is 0.353. The highest BCUT2D eigenvalue weighted by Crippen LogP contribution is 2.27. The van der Waals surface area contributed by atoms with Crippen LogP contribution in [0.3, 0.4) is 0 Å². The van der Waals surface area contributed by atoms with E-state index in [-0.39, 0.29) is 11.9 Å². The summed E-state index contributed by atoms with van der Waals surface area (Å²) in [4.78, 5) is 6.51. The summed E-state index contributed by atoms with van der Waals surface area (Å²) in [6, 6.07) is 10.7. The van der Waals surface area contributed by atoms with Crippen molar-refractivity contribution in [3.63, 3.8) is 0 Å². The van der Waals surface area contributed by atoms with Gasteiger partial charge in [-0.05, 0) is 49.6 Å². The number of anilines is 2. The van der Waals surface area contributed by atoms with Crippen LogP contribution in [-0.2, 0) is 6.42 Å². The molecule has 1 unspecified atom stereocenters. The van der Waals surface area contributed by atoms with E-state index >= 15 is 0 Å². The molecule has 0 saturated carbocycles. The lowest BCUT2D eigenvalue weighted by molar-refractivity contribution is 0.627. The molecular formula is C17H22FN3. The topological polar surface area (TPSA) is 42.1 Å². The number of rotatable bonds is 6. The van der Waals surface area contributed by atoms with Crippen LogP contribution in [0, 0.1) is 5.82 Å². The van der Waals surface area contributed by atoms with Crippen LogP contribution in [0.4, 0.5) is 15.9 Å². The van der Waals surface area contributed by atoms with Gasteiger partial charge in [0.05, 0.1) is 0 Å². The van der Waals surface area contributed by atoms with Crippen LogP contribution in [0.2, 0.25) is 0 Å². The van der Waals surface area contributed by atoms with Gasteiger partial charge in [0, 0.05) is 24.5 Å². The molecule has 112 valence electrons. The summed E-state index contributed by atoms with van der Waals surface area (Å²) in [5, 5.41) is 0. The van der Waals surface area contributed by atoms with E-state index in [0.717, 1.165) is 36.5 Å². The predicted octanol–water partition coefficient (Wildman–Crippen LogP) is 3.66. The zero-order valence-electron chi connectivity index (χ0n) is 12.6. The summed E-state index contributed by atoms with van der Waals surface area (Å²) in [5.74, 6) is 0.614. The van der Waals surface area contributed by atoms with Crippen LogP contribution in [0.5, 0.6) is 0 Å². The van der Waals surface area contributed by atoms with Gasteiger partial charge in [0.1, 0.15) is 11.6 Å². The molecule has 0 radical (unpaired) electrons. The molecule has 0 bridgehead atoms. The molecule has 1 aromatic heterocycles. The number of pyridine rings is 1. The molecule has 0 fully saturated rings. The maximum Gasteiger partial charge on any atom is 0.136 e. The molecule has 0 aliphatic heterocycles. The molecule has 0 aliphatic carbocycles. The number of hydrogen-bond donors (Lipinski definition) is 1. The molecule has 1 aromatic carbocycles. The summed E-state index contributed by atoms with van der Waals surface area (Å²) >= 11 is 0. The highest BCUT2D eigenvalue weighted by atomic mass is 19.1. The molecule has 1 heterocycles. The van der Waals surface area contributed by atoms with E-state index in [2.05, 4.69) is 11.9 Å². The van der Waals surface area contributed by atoms with E-state index in [4.69, 9.17) is 5.73 Å². The minimum atomic E-state index is -0.242. The molecule has 21 heavy (non-hydrogen) atoms. The van der Waals surface area contributed by atoms with E-state index in [1.54, 1.807) is 12.3 Å². The molecule has 2 aromatic rings. The van der Waals surface area contributed by atoms with Gasteiger partial charge >= 0.3 is 0 Å². The van der Waals surface area contributed by atoms with Crippen molar-refractivity contribution >= 4 is 11.5 Å². The quantitative estimate of drug-likeness (QED) is 0.881. The van der Waals surface area contributed by atoms with Crippen molar-refractivity contribution in [1.82, 2.24) is 4.98 Å². The Labute approximate surface area is 125 Å². The molecule has 3 nitrogen and oxygen atoms in total. The van der Waals surface area contributed by atoms with E-state index in [9.17, 15) is 4.39 Å². The normalized spacial score (nSPS) is 12.2. The summed E-state index contributed by atoms with van der Waals surface area (Å²) in [6.07, 6.45) is 3.45. The van der Waals surface area contributed by atoms with E-state index in [0.29, 0.717) is 0 Å². The third-order valence-electron chi connectivity index (χ3n) is 3.57. The van der Waals surface area contributed by atoms with E-state index in [1.165, 1.54) is 12.1 Å². The van der Waals surface area contributed by atoms with Crippen molar-refractivity contribution in [2.45, 2.75) is 32.7 Å². The fourth-order valence-corrected chi connectivity index (χ4v) is 2.36. The van der Waals surface area contributed by atoms with Crippen LogP contribution in [0.25, 0.3) is 0 Å². The Morgan fingerprint density at radius 3 is 2.71 bits per heavy atom. The minimum Gasteiger partial charge on any atom is -0.327 e. The average molecular weight is 287 g/mol. The van der Waals surface area contributed by atoms with Gasteiger partial charge in [-0.1, -0.05) is 19.1 Å². The summed E-state index contributed by atoms with van der Waals surface area (Å²) in [5.41, 5.74) is 7.98. The van der Waals surface area contributed by atoms with Gasteiger partial charge in [-0.25, -0.2) is 9.37 Å². The first-order chi connectivity index (χ1) is 10.2. The Hall–Kier alpha value is -1.94. The monoisotopic (exact) mass is 287 g/mol. The molecule has 0 saturated heterocycles. The van der Waals surface area contributed by atoms with Crippen molar-refractivity contribution in [3.05, 3.63) is 54.0 Å². The highest BCUT2D eigenvalue weighted by Gasteiger charge is 2.15. The standard InChI is InChI=1S/C17H22FN3/c1-3-15(19)11-13-7-6-10-20-17(13)21(4-2)16-9-5-8-14(18)12-16/h5-10,12,15H,3-4,11,19H2,1-2H3. The van der Waals surface area contributed by atoms with Crippen LogP contribution in [0.1, 0.15) is 25.8 Å². The number of benzene rings is 1. The lowest BCUT2D eigenvalue weighted by Crippen LogP contribution is -2.25. The van der Waals surface area contributed by atoms with Crippen molar-refractivity contribution < 1.29 is 4.39 Å². The van der Waals surface area contributed by atoms with Crippen LogP contribution >= 0.6 is 0 Å². The lowest BCUT2D eigenvalue weighted by Gasteiger charge is -2.25. The molecule has 0 spiro atoms. The van der Waals surface area contributed by atoms with Crippen LogP contribution in [-0.4, -0.2) is 17.6 Å². The second-order valence-corrected chi connectivity index (χ2v) is 5.08. The average Bonchev–Trinajstić information content (AvgIpc) is 2.49. The van der Waals surface area contributed by atoms with Gasteiger partial charge in [-0.3, -0.25) is 0 Å². The number of hydrogen-bond acceptors (Lipinski definition) is 3. The zero-order valence-corrected chi connectivity index (χ0v) is 12.6. The number of aromatic nitrogens is 1. The second-order valence-electron chi connectivity index (χ2n) is 5.08. The van der Waals surface area contributed by atoms with Gasteiger partial charge in [-0.15, -0.1) is 0 Å². The second kappa shape index (κ2) is 7.18. The fourth-order valence-electron chi connectivity index (χ4n) is 2.36.